The van der Waals surface area contributed by atoms with Gasteiger partial charge in [0.05, 0.1) is 10.2 Å². The van der Waals surface area contributed by atoms with Crippen LogP contribution in [-0.4, -0.2) is 44.2 Å². The number of aliphatic hydroxyl groups is 1. The van der Waals surface area contributed by atoms with E-state index in [0.717, 1.165) is 5.56 Å². The maximum absolute atomic E-state index is 12.9. The molecule has 0 aromatic heterocycles. The summed E-state index contributed by atoms with van der Waals surface area (Å²) in [4.78, 5) is 12.9. The molecule has 3 rings (SSSR count). The van der Waals surface area contributed by atoms with Crippen LogP contribution in [0.15, 0.2) is 57.8 Å². The molecule has 2 aromatic carbocycles. The molecule has 0 bridgehead atoms. The molecule has 0 saturated carbocycles. The van der Waals surface area contributed by atoms with Gasteiger partial charge in [0.15, 0.2) is 11.4 Å². The third kappa shape index (κ3) is 5.77. The zero-order chi connectivity index (χ0) is 23.2. The van der Waals surface area contributed by atoms with Crippen LogP contribution in [-0.2, 0) is 20.4 Å². The highest BCUT2D eigenvalue weighted by Gasteiger charge is 2.47. The van der Waals surface area contributed by atoms with E-state index in [2.05, 4.69) is 9.71 Å². The Morgan fingerprint density at radius 2 is 1.74 bits per heavy atom. The van der Waals surface area contributed by atoms with Gasteiger partial charge in [0.25, 0.3) is 10.0 Å². The van der Waals surface area contributed by atoms with E-state index in [0.29, 0.717) is 11.3 Å². The lowest BCUT2D eigenvalue weighted by molar-refractivity contribution is -0.119. The molecular formula is C21H25Cl2N3O4S. The molecule has 1 aliphatic rings. The zero-order valence-electron chi connectivity index (χ0n) is 17.5. The number of fused-ring (bicyclic) bond motifs is 1. The summed E-state index contributed by atoms with van der Waals surface area (Å²) in [5.41, 5.74) is 0.529. The van der Waals surface area contributed by atoms with E-state index < -0.39 is 15.6 Å². The Morgan fingerprint density at radius 3 is 2.32 bits per heavy atom. The van der Waals surface area contributed by atoms with Crippen molar-refractivity contribution in [2.75, 3.05) is 23.8 Å². The second kappa shape index (κ2) is 10.5. The van der Waals surface area contributed by atoms with Gasteiger partial charge in [0, 0.05) is 38.2 Å². The first-order valence-electron chi connectivity index (χ1n) is 9.41. The number of nitrogens with zero attached hydrogens (tertiary/aromatic N) is 2. The maximum Gasteiger partial charge on any atom is 0.284 e. The van der Waals surface area contributed by atoms with E-state index in [9.17, 15) is 18.3 Å². The number of anilines is 1. The lowest BCUT2D eigenvalue weighted by Crippen LogP contribution is -2.42. The lowest BCUT2D eigenvalue weighted by Gasteiger charge is -2.25. The van der Waals surface area contributed by atoms with E-state index in [1.165, 1.54) is 19.1 Å². The Hall–Kier alpha value is -2.13. The van der Waals surface area contributed by atoms with Crippen molar-refractivity contribution < 1.29 is 18.3 Å². The van der Waals surface area contributed by atoms with Crippen LogP contribution in [0.5, 0.6) is 0 Å². The number of carbonyl (C=O) groups is 1. The Morgan fingerprint density at radius 1 is 1.16 bits per heavy atom. The molecule has 31 heavy (non-hydrogen) atoms. The van der Waals surface area contributed by atoms with Crippen molar-refractivity contribution >= 4 is 50.7 Å². The minimum Gasteiger partial charge on any atom is -0.377 e. The van der Waals surface area contributed by atoms with Gasteiger partial charge >= 0.3 is 0 Å². The van der Waals surface area contributed by atoms with Gasteiger partial charge in [-0.1, -0.05) is 35.9 Å². The number of sulfonamides is 1. The summed E-state index contributed by atoms with van der Waals surface area (Å²) in [7, 11) is -2.36. The van der Waals surface area contributed by atoms with E-state index >= 15 is 0 Å². The quantitative estimate of drug-likeness (QED) is 0.632. The van der Waals surface area contributed by atoms with Crippen LogP contribution in [0.3, 0.4) is 0 Å². The number of alkyl halides is 2. The number of halogens is 2. The summed E-state index contributed by atoms with van der Waals surface area (Å²) in [6.45, 7) is 3.43. The van der Waals surface area contributed by atoms with Gasteiger partial charge in [-0.3, -0.25) is 4.79 Å². The van der Waals surface area contributed by atoms with E-state index in [-0.39, 0.29) is 34.9 Å². The Labute approximate surface area is 192 Å². The fourth-order valence-electron chi connectivity index (χ4n) is 3.31. The Bertz CT molecular complexity index is 1060. The van der Waals surface area contributed by atoms with E-state index in [4.69, 9.17) is 23.2 Å². The molecule has 1 amide bonds. The minimum absolute atomic E-state index is 0.0135. The molecular weight excluding hydrogens is 461 g/mol. The number of rotatable bonds is 5. The standard InChI is InChI=1S/C20H23N3O4S.CH2Cl2/c1-14-8-10-16(11-9-14)28(26,27)22-19-20(25,12-13-21-15(2)24)17-6-4-5-7-18(17)23(19)3;2-1-3/h4-11,25H,12-13H2,1-3H3,(H,21,24);1H2/b22-19+;/t20-;/m1./s1. The SMILES string of the molecule is CC(=O)NCC[C@]1(O)/C(=N\S(=O)(=O)c2ccc(C)cc2)N(C)c2ccccc21.ClCCl. The van der Waals surface area contributed by atoms with Crippen LogP contribution in [0.25, 0.3) is 0 Å². The summed E-state index contributed by atoms with van der Waals surface area (Å²) in [6.07, 6.45) is 0.0934. The lowest BCUT2D eigenvalue weighted by atomic mass is 9.91. The molecule has 0 fully saturated rings. The number of hydrogen-bond acceptors (Lipinski definition) is 4. The number of benzene rings is 2. The second-order valence-corrected chi connectivity index (χ2v) is 9.39. The molecule has 1 heterocycles. The second-order valence-electron chi connectivity index (χ2n) is 6.97. The third-order valence-electron chi connectivity index (χ3n) is 4.78. The van der Waals surface area contributed by atoms with Gasteiger partial charge in [-0.25, -0.2) is 0 Å². The van der Waals surface area contributed by atoms with Crippen molar-refractivity contribution in [3.05, 3.63) is 59.7 Å². The summed E-state index contributed by atoms with van der Waals surface area (Å²) in [6, 6.07) is 13.5. The first-order chi connectivity index (χ1) is 14.6. The van der Waals surface area contributed by atoms with E-state index in [1.807, 2.05) is 6.92 Å². The van der Waals surface area contributed by atoms with Crippen LogP contribution in [0.1, 0.15) is 24.5 Å². The average molecular weight is 486 g/mol. The fraction of sp³-hybridized carbons (Fsp3) is 0.333. The van der Waals surface area contributed by atoms with Crippen LogP contribution in [0.2, 0.25) is 0 Å². The molecule has 2 N–H and O–H groups in total. The molecule has 0 unspecified atom stereocenters. The highest BCUT2D eigenvalue weighted by molar-refractivity contribution is 7.90. The average Bonchev–Trinajstić information content (AvgIpc) is 2.91. The Kier molecular flexibility index (Phi) is 8.48. The summed E-state index contributed by atoms with van der Waals surface area (Å²) >= 11 is 9.53. The first-order valence-corrected chi connectivity index (χ1v) is 11.9. The number of aryl methyl sites for hydroxylation is 1. The van der Waals surface area contributed by atoms with Crippen LogP contribution >= 0.6 is 23.2 Å². The molecule has 1 aliphatic heterocycles. The molecule has 1 atom stereocenters. The number of amidine groups is 1. The predicted octanol–water partition coefficient (Wildman–Crippen LogP) is 3.37. The van der Waals surface area contributed by atoms with Crippen LogP contribution in [0, 0.1) is 6.92 Å². The number of likely N-dealkylation sites (N-methyl/N-ethyl adjacent to an activating group) is 1. The smallest absolute Gasteiger partial charge is 0.284 e. The summed E-state index contributed by atoms with van der Waals surface area (Å²) in [5, 5.41) is 14.3. The molecule has 0 saturated heterocycles. The molecule has 10 heteroatoms. The van der Waals surface area contributed by atoms with Gasteiger partial charge in [-0.15, -0.1) is 27.6 Å². The molecule has 0 aliphatic carbocycles. The highest BCUT2D eigenvalue weighted by atomic mass is 35.5. The van der Waals surface area contributed by atoms with Crippen molar-refractivity contribution in [2.24, 2.45) is 4.40 Å². The van der Waals surface area contributed by atoms with Crippen LogP contribution < -0.4 is 10.2 Å². The minimum atomic E-state index is -4.02. The number of amides is 1. The van der Waals surface area contributed by atoms with Gasteiger partial charge in [-0.05, 0) is 25.1 Å². The highest BCUT2D eigenvalue weighted by Crippen LogP contribution is 2.42. The van der Waals surface area contributed by atoms with Crippen molar-refractivity contribution in [2.45, 2.75) is 30.8 Å². The zero-order valence-corrected chi connectivity index (χ0v) is 19.8. The number of carbonyl (C=O) groups excluding carboxylic acids is 1. The Balaban J connectivity index is 0.00000107. The number of para-hydroxylation sites is 1. The van der Waals surface area contributed by atoms with Crippen molar-refractivity contribution in [3.63, 3.8) is 0 Å². The van der Waals surface area contributed by atoms with Gasteiger partial charge in [0.1, 0.15) is 0 Å². The molecule has 0 spiro atoms. The predicted molar refractivity (Wildman–Crippen MR) is 124 cm³/mol. The van der Waals surface area contributed by atoms with Crippen molar-refractivity contribution in [3.8, 4) is 0 Å². The molecule has 7 nitrogen and oxygen atoms in total. The summed E-state index contributed by atoms with van der Waals surface area (Å²) < 4.78 is 29.7. The van der Waals surface area contributed by atoms with Crippen LogP contribution in [0.4, 0.5) is 5.69 Å². The first kappa shape index (κ1) is 25.1. The number of nitrogens with one attached hydrogen (secondary N) is 1. The third-order valence-corrected chi connectivity index (χ3v) is 6.07. The normalized spacial score (nSPS) is 18.9. The summed E-state index contributed by atoms with van der Waals surface area (Å²) in [5.74, 6) is -0.214. The van der Waals surface area contributed by atoms with Gasteiger partial charge < -0.3 is 15.3 Å². The maximum atomic E-state index is 12.9. The number of hydrogen-bond donors (Lipinski definition) is 2. The molecule has 2 aromatic rings. The molecule has 168 valence electrons. The van der Waals surface area contributed by atoms with Gasteiger partial charge in [0.2, 0.25) is 5.91 Å². The van der Waals surface area contributed by atoms with Crippen molar-refractivity contribution in [1.29, 1.82) is 0 Å². The van der Waals surface area contributed by atoms with Gasteiger partial charge in [-0.2, -0.15) is 8.42 Å². The fourth-order valence-corrected chi connectivity index (χ4v) is 4.39. The molecule has 0 radical (unpaired) electrons. The van der Waals surface area contributed by atoms with E-state index in [1.54, 1.807) is 48.3 Å². The topological polar surface area (TPSA) is 99.1 Å². The van der Waals surface area contributed by atoms with Crippen molar-refractivity contribution in [1.82, 2.24) is 5.32 Å². The monoisotopic (exact) mass is 485 g/mol. The largest absolute Gasteiger partial charge is 0.377 e.